The summed E-state index contributed by atoms with van der Waals surface area (Å²) in [6.45, 7) is 0. The van der Waals surface area contributed by atoms with E-state index in [1.165, 1.54) is 6.20 Å². The van der Waals surface area contributed by atoms with Crippen LogP contribution in [0.1, 0.15) is 15.9 Å². The third-order valence-corrected chi connectivity index (χ3v) is 2.32. The number of ether oxygens (including phenoxy) is 1. The molecule has 1 heterocycles. The Morgan fingerprint density at radius 3 is 2.25 bits per heavy atom. The summed E-state index contributed by atoms with van der Waals surface area (Å²) < 4.78 is 52.5. The first-order chi connectivity index (χ1) is 9.35. The van der Waals surface area contributed by atoms with Crippen molar-refractivity contribution in [3.8, 4) is 5.75 Å². The van der Waals surface area contributed by atoms with Gasteiger partial charge >= 0.3 is 6.36 Å². The smallest absolute Gasteiger partial charge is 0.406 e. The van der Waals surface area contributed by atoms with E-state index in [1.807, 2.05) is 0 Å². The number of benzene rings is 1. The SMILES string of the molecule is O=C(c1ccc(OC(F)(F)F)cc1)c1cncc(F)c1. The van der Waals surface area contributed by atoms with Crippen LogP contribution in [-0.2, 0) is 0 Å². The number of pyridine rings is 1. The van der Waals surface area contributed by atoms with E-state index < -0.39 is 23.7 Å². The van der Waals surface area contributed by atoms with Crippen LogP contribution in [0, 0.1) is 5.82 Å². The van der Waals surface area contributed by atoms with Crippen LogP contribution < -0.4 is 4.74 Å². The first kappa shape index (κ1) is 14.0. The van der Waals surface area contributed by atoms with Crippen molar-refractivity contribution in [2.45, 2.75) is 6.36 Å². The lowest BCUT2D eigenvalue weighted by Gasteiger charge is -2.09. The molecule has 3 nitrogen and oxygen atoms in total. The number of carbonyl (C=O) groups is 1. The Hall–Kier alpha value is -2.44. The van der Waals surface area contributed by atoms with Crippen LogP contribution in [0.2, 0.25) is 0 Å². The highest BCUT2D eigenvalue weighted by molar-refractivity contribution is 6.08. The number of carbonyl (C=O) groups excluding carboxylic acids is 1. The second kappa shape index (κ2) is 5.28. The lowest BCUT2D eigenvalue weighted by atomic mass is 10.1. The van der Waals surface area contributed by atoms with E-state index in [4.69, 9.17) is 0 Å². The molecule has 0 atom stereocenters. The maximum Gasteiger partial charge on any atom is 0.573 e. The van der Waals surface area contributed by atoms with E-state index in [9.17, 15) is 22.4 Å². The van der Waals surface area contributed by atoms with Gasteiger partial charge in [-0.2, -0.15) is 0 Å². The molecule has 0 spiro atoms. The summed E-state index contributed by atoms with van der Waals surface area (Å²) in [5.41, 5.74) is 0.112. The molecule has 1 aromatic heterocycles. The molecule has 0 unspecified atom stereocenters. The highest BCUT2D eigenvalue weighted by Gasteiger charge is 2.31. The Bertz CT molecular complexity index is 623. The summed E-state index contributed by atoms with van der Waals surface area (Å²) in [4.78, 5) is 15.5. The zero-order valence-corrected chi connectivity index (χ0v) is 9.82. The van der Waals surface area contributed by atoms with Gasteiger partial charge in [0, 0.05) is 17.3 Å². The summed E-state index contributed by atoms with van der Waals surface area (Å²) in [7, 11) is 0. The second-order valence-electron chi connectivity index (χ2n) is 3.79. The minimum atomic E-state index is -4.79. The van der Waals surface area contributed by atoms with Crippen LogP contribution in [0.4, 0.5) is 17.6 Å². The predicted octanol–water partition coefficient (Wildman–Crippen LogP) is 3.35. The molecule has 0 N–H and O–H groups in total. The molecule has 0 saturated carbocycles. The third-order valence-electron chi connectivity index (χ3n) is 2.32. The van der Waals surface area contributed by atoms with Gasteiger partial charge in [0.15, 0.2) is 5.78 Å². The minimum Gasteiger partial charge on any atom is -0.406 e. The molecule has 0 radical (unpaired) electrons. The summed E-state index contributed by atoms with van der Waals surface area (Å²) in [5.74, 6) is -1.66. The van der Waals surface area contributed by atoms with Gasteiger partial charge in [-0.3, -0.25) is 9.78 Å². The van der Waals surface area contributed by atoms with Crippen LogP contribution >= 0.6 is 0 Å². The molecule has 20 heavy (non-hydrogen) atoms. The van der Waals surface area contributed by atoms with Crippen molar-refractivity contribution in [1.29, 1.82) is 0 Å². The minimum absolute atomic E-state index is 0.00879. The Morgan fingerprint density at radius 1 is 1.05 bits per heavy atom. The Balaban J connectivity index is 2.20. The predicted molar refractivity (Wildman–Crippen MR) is 60.8 cm³/mol. The molecule has 2 rings (SSSR count). The second-order valence-corrected chi connectivity index (χ2v) is 3.79. The van der Waals surface area contributed by atoms with Crippen LogP contribution in [0.15, 0.2) is 42.7 Å². The quantitative estimate of drug-likeness (QED) is 0.641. The van der Waals surface area contributed by atoms with Gasteiger partial charge in [0.25, 0.3) is 0 Å². The Kier molecular flexibility index (Phi) is 3.69. The first-order valence-corrected chi connectivity index (χ1v) is 5.36. The molecule has 1 aromatic carbocycles. The van der Waals surface area contributed by atoms with Crippen LogP contribution in [-0.4, -0.2) is 17.1 Å². The lowest BCUT2D eigenvalue weighted by Crippen LogP contribution is -2.17. The Morgan fingerprint density at radius 2 is 1.70 bits per heavy atom. The number of hydrogen-bond donors (Lipinski definition) is 0. The maximum absolute atomic E-state index is 12.9. The van der Waals surface area contributed by atoms with Crippen molar-refractivity contribution in [1.82, 2.24) is 4.98 Å². The lowest BCUT2D eigenvalue weighted by molar-refractivity contribution is -0.274. The third kappa shape index (κ3) is 3.53. The zero-order valence-electron chi connectivity index (χ0n) is 9.82. The molecule has 7 heteroatoms. The summed E-state index contributed by atoms with van der Waals surface area (Å²) in [6, 6.07) is 5.33. The average molecular weight is 285 g/mol. The average Bonchev–Trinajstić information content (AvgIpc) is 2.37. The molecule has 0 amide bonds. The van der Waals surface area contributed by atoms with Gasteiger partial charge in [-0.25, -0.2) is 4.39 Å². The zero-order chi connectivity index (χ0) is 14.8. The first-order valence-electron chi connectivity index (χ1n) is 5.36. The van der Waals surface area contributed by atoms with Gasteiger partial charge in [0.05, 0.1) is 6.20 Å². The van der Waals surface area contributed by atoms with Gasteiger partial charge in [-0.15, -0.1) is 13.2 Å². The van der Waals surface area contributed by atoms with Crippen molar-refractivity contribution >= 4 is 5.78 Å². The van der Waals surface area contributed by atoms with E-state index in [0.717, 1.165) is 36.5 Å². The van der Waals surface area contributed by atoms with E-state index in [1.54, 1.807) is 0 Å². The fraction of sp³-hybridized carbons (Fsp3) is 0.0769. The van der Waals surface area contributed by atoms with Gasteiger partial charge in [-0.05, 0) is 30.3 Å². The summed E-state index contributed by atoms with van der Waals surface area (Å²) in [5, 5.41) is 0. The summed E-state index contributed by atoms with van der Waals surface area (Å²) >= 11 is 0. The van der Waals surface area contributed by atoms with E-state index in [0.29, 0.717) is 0 Å². The normalized spacial score (nSPS) is 11.2. The number of nitrogens with zero attached hydrogens (tertiary/aromatic N) is 1. The van der Waals surface area contributed by atoms with Gasteiger partial charge in [-0.1, -0.05) is 0 Å². The monoisotopic (exact) mass is 285 g/mol. The highest BCUT2D eigenvalue weighted by Crippen LogP contribution is 2.23. The standard InChI is InChI=1S/C13H7F4NO2/c14-10-5-9(6-18-7-10)12(19)8-1-3-11(4-2-8)20-13(15,16)17/h1-7H. The number of halogens is 4. The molecule has 104 valence electrons. The molecule has 0 aliphatic carbocycles. The van der Waals surface area contributed by atoms with Crippen molar-refractivity contribution in [3.63, 3.8) is 0 Å². The number of aromatic nitrogens is 1. The molecule has 0 aliphatic rings. The number of ketones is 1. The fourth-order valence-electron chi connectivity index (χ4n) is 1.51. The molecule has 2 aromatic rings. The molecule has 0 fully saturated rings. The van der Waals surface area contributed by atoms with Crippen molar-refractivity contribution in [2.24, 2.45) is 0 Å². The number of rotatable bonds is 3. The van der Waals surface area contributed by atoms with Gasteiger partial charge < -0.3 is 4.74 Å². The van der Waals surface area contributed by atoms with Crippen LogP contribution in [0.25, 0.3) is 0 Å². The Labute approximate surface area is 110 Å². The maximum atomic E-state index is 12.9. The fourth-order valence-corrected chi connectivity index (χ4v) is 1.51. The van der Waals surface area contributed by atoms with E-state index in [-0.39, 0.29) is 11.1 Å². The topological polar surface area (TPSA) is 39.2 Å². The van der Waals surface area contributed by atoms with Crippen molar-refractivity contribution in [3.05, 3.63) is 59.7 Å². The molecular formula is C13H7F4NO2. The molecule has 0 bridgehead atoms. The van der Waals surface area contributed by atoms with Crippen LogP contribution in [0.5, 0.6) is 5.75 Å². The van der Waals surface area contributed by atoms with E-state index >= 15 is 0 Å². The van der Waals surface area contributed by atoms with Crippen molar-refractivity contribution < 1.29 is 27.1 Å². The van der Waals surface area contributed by atoms with E-state index in [2.05, 4.69) is 9.72 Å². The molecule has 0 aliphatic heterocycles. The molecular weight excluding hydrogens is 278 g/mol. The highest BCUT2D eigenvalue weighted by atomic mass is 19.4. The van der Waals surface area contributed by atoms with Crippen LogP contribution in [0.3, 0.4) is 0 Å². The van der Waals surface area contributed by atoms with Gasteiger partial charge in [0.1, 0.15) is 11.6 Å². The van der Waals surface area contributed by atoms with Crippen molar-refractivity contribution in [2.75, 3.05) is 0 Å². The molecule has 0 saturated heterocycles. The number of alkyl halides is 3. The summed E-state index contributed by atoms with van der Waals surface area (Å²) in [6.07, 6.45) is -2.68. The van der Waals surface area contributed by atoms with Gasteiger partial charge in [0.2, 0.25) is 0 Å². The largest absolute Gasteiger partial charge is 0.573 e. The number of hydrogen-bond acceptors (Lipinski definition) is 3.